The summed E-state index contributed by atoms with van der Waals surface area (Å²) < 4.78 is 87.5. The van der Waals surface area contributed by atoms with E-state index in [1.165, 1.54) is 6.07 Å². The molecular weight excluding hydrogens is 883 g/mol. The molecule has 3 heterocycles. The first kappa shape index (κ1) is 42.8. The van der Waals surface area contributed by atoms with E-state index in [1.807, 2.05) is 174 Å². The SMILES string of the molecule is FC(F)(F)c1ccc(-c2ccc3c4ccccc4n(-c4ccc(-c5nc(-c6ccccc6)nc(-c6ccccc6)n5)cc4-c4nc(-c5ccccc5)cc(-c5ccccc5)n4)c3c2)c(C(F)(F)F)c1. The van der Waals surface area contributed by atoms with E-state index >= 15 is 0 Å². The third-order valence-corrected chi connectivity index (χ3v) is 11.9. The fourth-order valence-corrected chi connectivity index (χ4v) is 8.67. The Morgan fingerprint density at radius 3 is 1.36 bits per heavy atom. The first-order valence-electron chi connectivity index (χ1n) is 21.8. The lowest BCUT2D eigenvalue weighted by Gasteiger charge is -2.18. The first-order valence-corrected chi connectivity index (χ1v) is 21.8. The zero-order valence-electron chi connectivity index (χ0n) is 36.1. The van der Waals surface area contributed by atoms with Crippen molar-refractivity contribution in [3.8, 4) is 84.9 Å². The summed E-state index contributed by atoms with van der Waals surface area (Å²) in [5.41, 5.74) is 4.32. The lowest BCUT2D eigenvalue weighted by Crippen LogP contribution is -2.12. The Bertz CT molecular complexity index is 3570. The summed E-state index contributed by atoms with van der Waals surface area (Å²) in [4.78, 5) is 25.4. The summed E-state index contributed by atoms with van der Waals surface area (Å²) in [6, 6.07) is 60.3. The van der Waals surface area contributed by atoms with Crippen molar-refractivity contribution in [2.75, 3.05) is 0 Å². The van der Waals surface area contributed by atoms with Gasteiger partial charge in [-0.3, -0.25) is 0 Å². The second-order valence-electron chi connectivity index (χ2n) is 16.3. The second-order valence-corrected chi connectivity index (χ2v) is 16.3. The minimum Gasteiger partial charge on any atom is -0.308 e. The highest BCUT2D eigenvalue weighted by atomic mass is 19.4. The molecule has 0 radical (unpaired) electrons. The molecule has 0 unspecified atom stereocenters. The van der Waals surface area contributed by atoms with Crippen molar-refractivity contribution in [3.63, 3.8) is 0 Å². The van der Waals surface area contributed by atoms with Crippen LogP contribution in [0.2, 0.25) is 0 Å². The molecule has 12 heteroatoms. The highest BCUT2D eigenvalue weighted by Gasteiger charge is 2.38. The molecule has 11 aromatic rings. The normalized spacial score (nSPS) is 11.9. The van der Waals surface area contributed by atoms with Gasteiger partial charge in [0.2, 0.25) is 0 Å². The molecule has 0 atom stereocenters. The fraction of sp³-hybridized carbons (Fsp3) is 0.0351. The third-order valence-electron chi connectivity index (χ3n) is 11.9. The molecule has 8 aromatic carbocycles. The number of halogens is 6. The Kier molecular flexibility index (Phi) is 10.6. The predicted molar refractivity (Wildman–Crippen MR) is 258 cm³/mol. The molecule has 0 spiro atoms. The van der Waals surface area contributed by atoms with Crippen LogP contribution in [0, 0.1) is 0 Å². The van der Waals surface area contributed by atoms with Gasteiger partial charge in [-0.25, -0.2) is 24.9 Å². The van der Waals surface area contributed by atoms with Crippen molar-refractivity contribution in [3.05, 3.63) is 217 Å². The molecule has 11 rings (SSSR count). The highest BCUT2D eigenvalue weighted by molar-refractivity contribution is 6.11. The Morgan fingerprint density at radius 1 is 0.319 bits per heavy atom. The van der Waals surface area contributed by atoms with E-state index in [2.05, 4.69) is 0 Å². The fourth-order valence-electron chi connectivity index (χ4n) is 8.67. The Labute approximate surface area is 390 Å². The number of fused-ring (bicyclic) bond motifs is 3. The molecule has 0 aliphatic heterocycles. The van der Waals surface area contributed by atoms with Crippen LogP contribution in [0.15, 0.2) is 206 Å². The van der Waals surface area contributed by atoms with E-state index in [0.29, 0.717) is 74.0 Å². The average molecular weight is 917 g/mol. The molecule has 0 aliphatic rings. The van der Waals surface area contributed by atoms with Crippen LogP contribution >= 0.6 is 0 Å². The Morgan fingerprint density at radius 2 is 0.812 bits per heavy atom. The van der Waals surface area contributed by atoms with Gasteiger partial charge in [-0.1, -0.05) is 158 Å². The van der Waals surface area contributed by atoms with Crippen molar-refractivity contribution in [2.24, 2.45) is 0 Å². The summed E-state index contributed by atoms with van der Waals surface area (Å²) in [6.45, 7) is 0. The van der Waals surface area contributed by atoms with E-state index in [4.69, 9.17) is 24.9 Å². The molecule has 0 bridgehead atoms. The Balaban J connectivity index is 1.21. The number of alkyl halides is 6. The Hall–Kier alpha value is -8.77. The molecule has 0 saturated carbocycles. The molecule has 334 valence electrons. The lowest BCUT2D eigenvalue weighted by atomic mass is 9.96. The summed E-state index contributed by atoms with van der Waals surface area (Å²) in [7, 11) is 0. The van der Waals surface area contributed by atoms with Crippen LogP contribution in [-0.4, -0.2) is 29.5 Å². The number of rotatable bonds is 8. The minimum absolute atomic E-state index is 0.0755. The van der Waals surface area contributed by atoms with Crippen LogP contribution in [0.1, 0.15) is 11.1 Å². The second kappa shape index (κ2) is 17.1. The maximum Gasteiger partial charge on any atom is 0.417 e. The summed E-state index contributed by atoms with van der Waals surface area (Å²) >= 11 is 0. The van der Waals surface area contributed by atoms with E-state index in [9.17, 15) is 26.3 Å². The topological polar surface area (TPSA) is 69.4 Å². The highest BCUT2D eigenvalue weighted by Crippen LogP contribution is 2.44. The number of hydrogen-bond donors (Lipinski definition) is 0. The quantitative estimate of drug-likeness (QED) is 0.142. The predicted octanol–water partition coefficient (Wildman–Crippen LogP) is 15.5. The molecule has 0 amide bonds. The van der Waals surface area contributed by atoms with Gasteiger partial charge in [-0.05, 0) is 59.7 Å². The van der Waals surface area contributed by atoms with Crippen LogP contribution in [0.3, 0.4) is 0 Å². The number of hydrogen-bond acceptors (Lipinski definition) is 5. The third kappa shape index (κ3) is 8.26. The van der Waals surface area contributed by atoms with Crippen LogP contribution in [0.4, 0.5) is 26.3 Å². The maximum absolute atomic E-state index is 14.7. The number of para-hydroxylation sites is 1. The molecule has 0 fully saturated rings. The maximum atomic E-state index is 14.7. The van der Waals surface area contributed by atoms with Crippen molar-refractivity contribution in [2.45, 2.75) is 12.4 Å². The van der Waals surface area contributed by atoms with Gasteiger partial charge in [0.1, 0.15) is 0 Å². The number of nitrogens with zero attached hydrogens (tertiary/aromatic N) is 6. The molecular formula is C57H34F6N6. The molecule has 0 aliphatic carbocycles. The van der Waals surface area contributed by atoms with Gasteiger partial charge >= 0.3 is 12.4 Å². The van der Waals surface area contributed by atoms with Crippen LogP contribution in [0.5, 0.6) is 0 Å². The molecule has 69 heavy (non-hydrogen) atoms. The molecule has 6 nitrogen and oxygen atoms in total. The monoisotopic (exact) mass is 916 g/mol. The van der Waals surface area contributed by atoms with Crippen LogP contribution in [-0.2, 0) is 12.4 Å². The minimum atomic E-state index is -5.09. The standard InChI is InChI=1S/C57H34F6N6/c58-56(59,60)41-27-29-42(46(33-41)57(61,62)63)39-25-28-44-43-23-13-14-24-49(43)69(51(44)32-39)50-30-26-40(54-67-52(37-19-9-3-10-20-37)66-53(68-54)38-21-11-4-12-22-38)31-45(50)55-64-47(35-15-5-1-6-16-35)34-48(65-55)36-17-7-2-8-18-36/h1-34H. The molecule has 0 saturated heterocycles. The van der Waals surface area contributed by atoms with E-state index in [-0.39, 0.29) is 11.6 Å². The van der Waals surface area contributed by atoms with Crippen molar-refractivity contribution >= 4 is 21.8 Å². The van der Waals surface area contributed by atoms with E-state index < -0.39 is 29.0 Å². The summed E-state index contributed by atoms with van der Waals surface area (Å²) in [5, 5.41) is 1.49. The smallest absolute Gasteiger partial charge is 0.308 e. The zero-order chi connectivity index (χ0) is 47.3. The van der Waals surface area contributed by atoms with Gasteiger partial charge in [-0.2, -0.15) is 26.3 Å². The number of aromatic nitrogens is 6. The van der Waals surface area contributed by atoms with Gasteiger partial charge in [0.05, 0.1) is 39.2 Å². The summed E-state index contributed by atoms with van der Waals surface area (Å²) in [5.74, 6) is 1.60. The average Bonchev–Trinajstić information content (AvgIpc) is 3.72. The van der Waals surface area contributed by atoms with Crippen molar-refractivity contribution < 1.29 is 26.3 Å². The molecule has 0 N–H and O–H groups in total. The van der Waals surface area contributed by atoms with Crippen molar-refractivity contribution in [1.82, 2.24) is 29.5 Å². The zero-order valence-corrected chi connectivity index (χ0v) is 36.1. The van der Waals surface area contributed by atoms with Crippen LogP contribution < -0.4 is 0 Å². The van der Waals surface area contributed by atoms with Gasteiger partial charge in [-0.15, -0.1) is 0 Å². The van der Waals surface area contributed by atoms with Crippen molar-refractivity contribution in [1.29, 1.82) is 0 Å². The lowest BCUT2D eigenvalue weighted by molar-refractivity contribution is -0.142. The van der Waals surface area contributed by atoms with Crippen LogP contribution in [0.25, 0.3) is 107 Å². The van der Waals surface area contributed by atoms with Gasteiger partial charge in [0.25, 0.3) is 0 Å². The number of benzene rings is 8. The van der Waals surface area contributed by atoms with Gasteiger partial charge in [0.15, 0.2) is 23.3 Å². The van der Waals surface area contributed by atoms with Gasteiger partial charge in [0, 0.05) is 44.2 Å². The van der Waals surface area contributed by atoms with E-state index in [1.54, 1.807) is 12.1 Å². The molecule has 3 aromatic heterocycles. The largest absolute Gasteiger partial charge is 0.417 e. The van der Waals surface area contributed by atoms with E-state index in [0.717, 1.165) is 33.7 Å². The first-order chi connectivity index (χ1) is 33.5. The summed E-state index contributed by atoms with van der Waals surface area (Å²) in [6.07, 6.45) is -10.1. The van der Waals surface area contributed by atoms with Gasteiger partial charge < -0.3 is 4.57 Å².